The summed E-state index contributed by atoms with van der Waals surface area (Å²) in [5, 5.41) is 13.1. The maximum Gasteiger partial charge on any atom is 0.250 e. The third-order valence-corrected chi connectivity index (χ3v) is 3.11. The molecule has 2 aromatic rings. The lowest BCUT2D eigenvalue weighted by atomic mass is 10.2. The third kappa shape index (κ3) is 3.19. The molecule has 20 heavy (non-hydrogen) atoms. The fourth-order valence-corrected chi connectivity index (χ4v) is 1.95. The van der Waals surface area contributed by atoms with Crippen molar-refractivity contribution < 1.29 is 9.90 Å². The van der Waals surface area contributed by atoms with Crippen LogP contribution in [0.5, 0.6) is 5.75 Å². The standard InChI is InChI=1S/C14H14ClN3O2/c1-8-2-5-13(19)12(18-8)7-17-9-3-4-11(15)10(6-9)14(16)20/h2-6,17,19H,7H2,1H3,(H2,16,20). The zero-order valence-corrected chi connectivity index (χ0v) is 11.6. The number of carbonyl (C=O) groups excluding carboxylic acids is 1. The average molecular weight is 292 g/mol. The first-order chi connectivity index (χ1) is 9.47. The van der Waals surface area contributed by atoms with Crippen molar-refractivity contribution in [2.75, 3.05) is 5.32 Å². The molecule has 0 spiro atoms. The molecule has 0 saturated heterocycles. The number of aromatic nitrogens is 1. The maximum atomic E-state index is 11.2. The Morgan fingerprint density at radius 2 is 2.15 bits per heavy atom. The molecule has 0 aliphatic heterocycles. The van der Waals surface area contributed by atoms with E-state index in [1.807, 2.05) is 6.92 Å². The molecule has 1 heterocycles. The highest BCUT2D eigenvalue weighted by atomic mass is 35.5. The predicted molar refractivity (Wildman–Crippen MR) is 77.9 cm³/mol. The van der Waals surface area contributed by atoms with Crippen LogP contribution in [0.2, 0.25) is 5.02 Å². The lowest BCUT2D eigenvalue weighted by Crippen LogP contribution is -2.12. The van der Waals surface area contributed by atoms with E-state index in [4.69, 9.17) is 17.3 Å². The Kier molecular flexibility index (Phi) is 4.10. The number of pyridine rings is 1. The van der Waals surface area contributed by atoms with Crippen molar-refractivity contribution >= 4 is 23.2 Å². The van der Waals surface area contributed by atoms with Crippen molar-refractivity contribution in [2.45, 2.75) is 13.5 Å². The van der Waals surface area contributed by atoms with E-state index < -0.39 is 5.91 Å². The van der Waals surface area contributed by atoms with Crippen molar-refractivity contribution in [1.82, 2.24) is 4.98 Å². The van der Waals surface area contributed by atoms with Gasteiger partial charge in [-0.05, 0) is 37.3 Å². The number of hydrogen-bond donors (Lipinski definition) is 3. The van der Waals surface area contributed by atoms with Crippen molar-refractivity contribution in [3.63, 3.8) is 0 Å². The molecule has 4 N–H and O–H groups in total. The molecule has 0 bridgehead atoms. The van der Waals surface area contributed by atoms with Crippen LogP contribution in [-0.2, 0) is 6.54 Å². The van der Waals surface area contributed by atoms with Gasteiger partial charge in [0.05, 0.1) is 17.1 Å². The molecule has 5 nitrogen and oxygen atoms in total. The molecule has 0 radical (unpaired) electrons. The molecule has 1 aromatic carbocycles. The van der Waals surface area contributed by atoms with E-state index in [0.29, 0.717) is 22.9 Å². The first kappa shape index (κ1) is 14.1. The average Bonchev–Trinajstić information content (AvgIpc) is 2.41. The normalized spacial score (nSPS) is 10.3. The number of hydrogen-bond acceptors (Lipinski definition) is 4. The molecule has 0 fully saturated rings. The fraction of sp³-hybridized carbons (Fsp3) is 0.143. The molecular weight excluding hydrogens is 278 g/mol. The summed E-state index contributed by atoms with van der Waals surface area (Å²) in [5.41, 5.74) is 7.49. The van der Waals surface area contributed by atoms with Crippen LogP contribution in [0, 0.1) is 6.92 Å². The predicted octanol–water partition coefficient (Wildman–Crippen LogP) is 2.46. The van der Waals surface area contributed by atoms with Crippen LogP contribution in [0.15, 0.2) is 30.3 Å². The van der Waals surface area contributed by atoms with Gasteiger partial charge in [-0.2, -0.15) is 0 Å². The number of halogens is 1. The number of aromatic hydroxyl groups is 1. The SMILES string of the molecule is Cc1ccc(O)c(CNc2ccc(Cl)c(C(N)=O)c2)n1. The second kappa shape index (κ2) is 5.79. The van der Waals surface area contributed by atoms with E-state index in [2.05, 4.69) is 10.3 Å². The van der Waals surface area contributed by atoms with Crippen molar-refractivity contribution in [1.29, 1.82) is 0 Å². The number of nitrogens with two attached hydrogens (primary N) is 1. The van der Waals surface area contributed by atoms with E-state index in [0.717, 1.165) is 5.69 Å². The van der Waals surface area contributed by atoms with Gasteiger partial charge in [0.25, 0.3) is 0 Å². The maximum absolute atomic E-state index is 11.2. The molecule has 0 unspecified atom stereocenters. The van der Waals surface area contributed by atoms with E-state index in [-0.39, 0.29) is 11.3 Å². The number of anilines is 1. The van der Waals surface area contributed by atoms with Gasteiger partial charge in [0.1, 0.15) is 11.4 Å². The largest absolute Gasteiger partial charge is 0.506 e. The van der Waals surface area contributed by atoms with E-state index in [1.54, 1.807) is 30.3 Å². The number of benzene rings is 1. The molecule has 1 amide bonds. The van der Waals surface area contributed by atoms with Gasteiger partial charge in [-0.1, -0.05) is 11.6 Å². The molecule has 104 valence electrons. The quantitative estimate of drug-likeness (QED) is 0.807. The summed E-state index contributed by atoms with van der Waals surface area (Å²) < 4.78 is 0. The minimum Gasteiger partial charge on any atom is -0.506 e. The van der Waals surface area contributed by atoms with Crippen LogP contribution in [0.4, 0.5) is 5.69 Å². The Morgan fingerprint density at radius 1 is 1.40 bits per heavy atom. The number of primary amides is 1. The number of carbonyl (C=O) groups is 1. The molecule has 2 rings (SSSR count). The molecule has 0 aliphatic rings. The van der Waals surface area contributed by atoms with Gasteiger partial charge in [-0.15, -0.1) is 0 Å². The Balaban J connectivity index is 2.17. The number of nitrogens with zero attached hydrogens (tertiary/aromatic N) is 1. The highest BCUT2D eigenvalue weighted by Crippen LogP contribution is 2.21. The molecule has 6 heteroatoms. The van der Waals surface area contributed by atoms with Crippen LogP contribution in [0.1, 0.15) is 21.7 Å². The molecule has 0 saturated carbocycles. The summed E-state index contributed by atoms with van der Waals surface area (Å²) in [6.07, 6.45) is 0. The summed E-state index contributed by atoms with van der Waals surface area (Å²) in [5.74, 6) is -0.470. The summed E-state index contributed by atoms with van der Waals surface area (Å²) >= 11 is 5.87. The second-order valence-corrected chi connectivity index (χ2v) is 4.74. The van der Waals surface area contributed by atoms with Crippen molar-refractivity contribution in [3.8, 4) is 5.75 Å². The smallest absolute Gasteiger partial charge is 0.250 e. The van der Waals surface area contributed by atoms with Crippen LogP contribution >= 0.6 is 11.6 Å². The minimum absolute atomic E-state index is 0.118. The zero-order chi connectivity index (χ0) is 14.7. The number of nitrogens with one attached hydrogen (secondary N) is 1. The monoisotopic (exact) mass is 291 g/mol. The number of amides is 1. The first-order valence-electron chi connectivity index (χ1n) is 5.96. The Morgan fingerprint density at radius 3 is 2.85 bits per heavy atom. The van der Waals surface area contributed by atoms with Gasteiger partial charge in [0, 0.05) is 11.4 Å². The highest BCUT2D eigenvalue weighted by molar-refractivity contribution is 6.33. The van der Waals surface area contributed by atoms with Gasteiger partial charge in [0.2, 0.25) is 5.91 Å². The zero-order valence-electron chi connectivity index (χ0n) is 10.9. The van der Waals surface area contributed by atoms with Crippen LogP contribution in [-0.4, -0.2) is 16.0 Å². The molecule has 0 atom stereocenters. The van der Waals surface area contributed by atoms with Crippen LogP contribution in [0.3, 0.4) is 0 Å². The summed E-state index contributed by atoms with van der Waals surface area (Å²) in [7, 11) is 0. The summed E-state index contributed by atoms with van der Waals surface area (Å²) in [4.78, 5) is 15.4. The molecular formula is C14H14ClN3O2. The second-order valence-electron chi connectivity index (χ2n) is 4.33. The van der Waals surface area contributed by atoms with Crippen LogP contribution < -0.4 is 11.1 Å². The summed E-state index contributed by atoms with van der Waals surface area (Å²) in [6.45, 7) is 2.17. The Bertz CT molecular complexity index is 659. The van der Waals surface area contributed by atoms with Gasteiger partial charge < -0.3 is 16.2 Å². The van der Waals surface area contributed by atoms with E-state index in [1.165, 1.54) is 0 Å². The topological polar surface area (TPSA) is 88.2 Å². The minimum atomic E-state index is -0.588. The first-order valence-corrected chi connectivity index (χ1v) is 6.34. The van der Waals surface area contributed by atoms with Gasteiger partial charge in [-0.3, -0.25) is 9.78 Å². The van der Waals surface area contributed by atoms with Gasteiger partial charge >= 0.3 is 0 Å². The van der Waals surface area contributed by atoms with Crippen molar-refractivity contribution in [3.05, 3.63) is 52.3 Å². The van der Waals surface area contributed by atoms with E-state index in [9.17, 15) is 9.90 Å². The van der Waals surface area contributed by atoms with Crippen LogP contribution in [0.25, 0.3) is 0 Å². The molecule has 1 aromatic heterocycles. The summed E-state index contributed by atoms with van der Waals surface area (Å²) in [6, 6.07) is 8.20. The Labute approximate surface area is 121 Å². The Hall–Kier alpha value is -2.27. The highest BCUT2D eigenvalue weighted by Gasteiger charge is 2.08. The fourth-order valence-electron chi connectivity index (χ4n) is 1.74. The van der Waals surface area contributed by atoms with Gasteiger partial charge in [0.15, 0.2) is 0 Å². The van der Waals surface area contributed by atoms with Crippen molar-refractivity contribution in [2.24, 2.45) is 5.73 Å². The number of rotatable bonds is 4. The van der Waals surface area contributed by atoms with Gasteiger partial charge in [-0.25, -0.2) is 0 Å². The molecule has 0 aliphatic carbocycles. The lowest BCUT2D eigenvalue weighted by molar-refractivity contribution is 0.100. The van der Waals surface area contributed by atoms with E-state index >= 15 is 0 Å². The lowest BCUT2D eigenvalue weighted by Gasteiger charge is -2.09. The number of aryl methyl sites for hydroxylation is 1. The third-order valence-electron chi connectivity index (χ3n) is 2.78.